The molecule has 2 aromatic carbocycles. The van der Waals surface area contributed by atoms with Crippen LogP contribution < -0.4 is 14.8 Å². The van der Waals surface area contributed by atoms with Gasteiger partial charge in [0.15, 0.2) is 0 Å². The Morgan fingerprint density at radius 1 is 0.875 bits per heavy atom. The first kappa shape index (κ1) is 22.3. The molecule has 1 N–H and O–H groups in total. The third-order valence-electron chi connectivity index (χ3n) is 4.63. The fourth-order valence-electron chi connectivity index (χ4n) is 2.78. The Labute approximate surface area is 184 Å². The van der Waals surface area contributed by atoms with Crippen LogP contribution in [0, 0.1) is 0 Å². The van der Waals surface area contributed by atoms with Crippen molar-refractivity contribution in [3.05, 3.63) is 71.9 Å². The SMILES string of the molecule is COc1ccc(C=CC(=O)Oc2ccc(NC=C3C(=O)N(C)C(=O)N(C)C3=O)cc2)cc1. The van der Waals surface area contributed by atoms with E-state index in [4.69, 9.17) is 9.47 Å². The largest absolute Gasteiger partial charge is 0.497 e. The first-order chi connectivity index (χ1) is 15.3. The second-order valence-corrected chi connectivity index (χ2v) is 6.77. The summed E-state index contributed by atoms with van der Waals surface area (Å²) in [5, 5.41) is 2.83. The number of barbiturate groups is 1. The number of urea groups is 1. The summed E-state index contributed by atoms with van der Waals surface area (Å²) in [6.07, 6.45) is 4.18. The van der Waals surface area contributed by atoms with E-state index in [1.807, 2.05) is 12.1 Å². The zero-order valence-electron chi connectivity index (χ0n) is 17.7. The lowest BCUT2D eigenvalue weighted by molar-refractivity contribution is -0.134. The molecule has 0 aliphatic carbocycles. The van der Waals surface area contributed by atoms with E-state index in [2.05, 4.69) is 5.32 Å². The van der Waals surface area contributed by atoms with Crippen LogP contribution in [0.4, 0.5) is 10.5 Å². The number of esters is 1. The Bertz CT molecular complexity index is 1080. The van der Waals surface area contributed by atoms with Crippen LogP contribution in [0.2, 0.25) is 0 Å². The maximum atomic E-state index is 12.2. The van der Waals surface area contributed by atoms with Crippen molar-refractivity contribution in [2.24, 2.45) is 0 Å². The average molecular weight is 435 g/mol. The summed E-state index contributed by atoms with van der Waals surface area (Å²) in [5.41, 5.74) is 1.20. The first-order valence-electron chi connectivity index (χ1n) is 9.51. The molecular formula is C23H21N3O6. The summed E-state index contributed by atoms with van der Waals surface area (Å²) >= 11 is 0. The molecule has 1 aliphatic heterocycles. The zero-order valence-corrected chi connectivity index (χ0v) is 17.7. The second kappa shape index (κ2) is 9.61. The number of methoxy groups -OCH3 is 1. The van der Waals surface area contributed by atoms with Crippen molar-refractivity contribution in [3.63, 3.8) is 0 Å². The average Bonchev–Trinajstić information content (AvgIpc) is 2.81. The minimum absolute atomic E-state index is 0.172. The highest BCUT2D eigenvalue weighted by molar-refractivity contribution is 6.28. The molecule has 1 aliphatic rings. The van der Waals surface area contributed by atoms with Gasteiger partial charge >= 0.3 is 12.0 Å². The third-order valence-corrected chi connectivity index (χ3v) is 4.63. The normalized spacial score (nSPS) is 14.1. The number of imide groups is 2. The molecule has 9 nitrogen and oxygen atoms in total. The van der Waals surface area contributed by atoms with E-state index < -0.39 is 23.8 Å². The highest BCUT2D eigenvalue weighted by Gasteiger charge is 2.37. The summed E-state index contributed by atoms with van der Waals surface area (Å²) in [6.45, 7) is 0. The number of nitrogens with zero attached hydrogens (tertiary/aromatic N) is 2. The van der Waals surface area contributed by atoms with Crippen LogP contribution in [-0.2, 0) is 14.4 Å². The van der Waals surface area contributed by atoms with Gasteiger partial charge in [-0.1, -0.05) is 12.1 Å². The minimum atomic E-state index is -0.695. The fourth-order valence-corrected chi connectivity index (χ4v) is 2.78. The van der Waals surface area contributed by atoms with Crippen LogP contribution in [0.5, 0.6) is 11.5 Å². The maximum absolute atomic E-state index is 12.2. The maximum Gasteiger partial charge on any atom is 0.336 e. The van der Waals surface area contributed by atoms with Gasteiger partial charge in [0.2, 0.25) is 0 Å². The van der Waals surface area contributed by atoms with Crippen molar-refractivity contribution in [2.75, 3.05) is 26.5 Å². The van der Waals surface area contributed by atoms with Crippen LogP contribution in [0.1, 0.15) is 5.56 Å². The van der Waals surface area contributed by atoms with Crippen LogP contribution in [0.3, 0.4) is 0 Å². The van der Waals surface area contributed by atoms with Gasteiger partial charge in [-0.3, -0.25) is 19.4 Å². The second-order valence-electron chi connectivity index (χ2n) is 6.77. The number of likely N-dealkylation sites (N-methyl/N-ethyl adjacent to an activating group) is 2. The third kappa shape index (κ3) is 5.01. The molecule has 32 heavy (non-hydrogen) atoms. The lowest BCUT2D eigenvalue weighted by Gasteiger charge is -2.28. The molecular weight excluding hydrogens is 414 g/mol. The van der Waals surface area contributed by atoms with Gasteiger partial charge in [0.1, 0.15) is 17.1 Å². The van der Waals surface area contributed by atoms with E-state index in [0.717, 1.165) is 21.1 Å². The zero-order chi connectivity index (χ0) is 23.3. The van der Waals surface area contributed by atoms with Gasteiger partial charge in [-0.2, -0.15) is 0 Å². The molecule has 1 fully saturated rings. The number of carbonyl (C=O) groups excluding carboxylic acids is 4. The number of hydrogen-bond acceptors (Lipinski definition) is 7. The predicted octanol–water partition coefficient (Wildman–Crippen LogP) is 2.66. The highest BCUT2D eigenvalue weighted by Crippen LogP contribution is 2.19. The molecule has 2 aromatic rings. The van der Waals surface area contributed by atoms with Crippen LogP contribution in [-0.4, -0.2) is 54.8 Å². The number of anilines is 1. The number of benzene rings is 2. The molecule has 4 amide bonds. The van der Waals surface area contributed by atoms with Crippen molar-refractivity contribution in [2.45, 2.75) is 0 Å². The van der Waals surface area contributed by atoms with E-state index in [0.29, 0.717) is 11.4 Å². The van der Waals surface area contributed by atoms with Gasteiger partial charge < -0.3 is 14.8 Å². The van der Waals surface area contributed by atoms with Gasteiger partial charge in [-0.05, 0) is 48.0 Å². The van der Waals surface area contributed by atoms with E-state index >= 15 is 0 Å². The molecule has 1 saturated heterocycles. The number of nitrogens with one attached hydrogen (secondary N) is 1. The lowest BCUT2D eigenvalue weighted by atomic mass is 10.2. The van der Waals surface area contributed by atoms with Gasteiger partial charge in [0.05, 0.1) is 7.11 Å². The Hall–Kier alpha value is -4.40. The van der Waals surface area contributed by atoms with E-state index in [1.165, 1.54) is 26.4 Å². The number of hydrogen-bond donors (Lipinski definition) is 1. The molecule has 0 bridgehead atoms. The smallest absolute Gasteiger partial charge is 0.336 e. The molecule has 1 heterocycles. The summed E-state index contributed by atoms with van der Waals surface area (Å²) in [7, 11) is 4.18. The number of ether oxygens (including phenoxy) is 2. The minimum Gasteiger partial charge on any atom is -0.497 e. The summed E-state index contributed by atoms with van der Waals surface area (Å²) in [6, 6.07) is 12.9. The van der Waals surface area contributed by atoms with E-state index in [-0.39, 0.29) is 5.57 Å². The van der Waals surface area contributed by atoms with E-state index in [9.17, 15) is 19.2 Å². The van der Waals surface area contributed by atoms with Crippen molar-refractivity contribution in [3.8, 4) is 11.5 Å². The van der Waals surface area contributed by atoms with Gasteiger partial charge in [0, 0.05) is 32.1 Å². The first-order valence-corrected chi connectivity index (χ1v) is 9.51. The predicted molar refractivity (Wildman–Crippen MR) is 117 cm³/mol. The summed E-state index contributed by atoms with van der Waals surface area (Å²) < 4.78 is 10.3. The lowest BCUT2D eigenvalue weighted by Crippen LogP contribution is -2.53. The number of rotatable bonds is 6. The van der Waals surface area contributed by atoms with Crippen molar-refractivity contribution >= 4 is 35.6 Å². The molecule has 0 aromatic heterocycles. The van der Waals surface area contributed by atoms with E-state index in [1.54, 1.807) is 49.6 Å². The van der Waals surface area contributed by atoms with Gasteiger partial charge in [0.25, 0.3) is 11.8 Å². The standard InChI is InChI=1S/C23H21N3O6/c1-25-21(28)19(22(29)26(2)23(25)30)14-24-16-7-11-18(12-8-16)32-20(27)13-6-15-4-9-17(31-3)10-5-15/h4-14,24H,1-3H3. The Balaban J connectivity index is 1.60. The Morgan fingerprint density at radius 2 is 1.44 bits per heavy atom. The Morgan fingerprint density at radius 3 is 2.00 bits per heavy atom. The van der Waals surface area contributed by atoms with Gasteiger partial charge in [-0.25, -0.2) is 9.59 Å². The molecule has 0 atom stereocenters. The molecule has 0 saturated carbocycles. The van der Waals surface area contributed by atoms with Crippen molar-refractivity contribution in [1.29, 1.82) is 0 Å². The highest BCUT2D eigenvalue weighted by atomic mass is 16.5. The summed E-state index contributed by atoms with van der Waals surface area (Å²) in [4.78, 5) is 49.8. The van der Waals surface area contributed by atoms with Crippen LogP contribution in [0.15, 0.2) is 66.4 Å². The van der Waals surface area contributed by atoms with Gasteiger partial charge in [-0.15, -0.1) is 0 Å². The molecule has 0 radical (unpaired) electrons. The summed E-state index contributed by atoms with van der Waals surface area (Å²) in [5.74, 6) is -0.890. The number of carbonyl (C=O) groups is 4. The van der Waals surface area contributed by atoms with Crippen molar-refractivity contribution < 1.29 is 28.7 Å². The monoisotopic (exact) mass is 435 g/mol. The fraction of sp³-hybridized carbons (Fsp3) is 0.130. The molecule has 3 rings (SSSR count). The quantitative estimate of drug-likeness (QED) is 0.322. The molecule has 164 valence electrons. The topological polar surface area (TPSA) is 105 Å². The van der Waals surface area contributed by atoms with Crippen molar-refractivity contribution in [1.82, 2.24) is 9.80 Å². The molecule has 0 unspecified atom stereocenters. The van der Waals surface area contributed by atoms with Crippen LogP contribution >= 0.6 is 0 Å². The molecule has 0 spiro atoms. The number of amides is 4. The molecule has 9 heteroatoms. The Kier molecular flexibility index (Phi) is 6.69. The van der Waals surface area contributed by atoms with Crippen LogP contribution in [0.25, 0.3) is 6.08 Å².